The summed E-state index contributed by atoms with van der Waals surface area (Å²) in [5.74, 6) is 1.27. The average molecular weight is 342 g/mol. The Labute approximate surface area is 146 Å². The van der Waals surface area contributed by atoms with Crippen LogP contribution in [0.5, 0.6) is 0 Å². The number of thiophene rings is 1. The first-order chi connectivity index (χ1) is 11.8. The van der Waals surface area contributed by atoms with Crippen LogP contribution in [0.3, 0.4) is 0 Å². The fourth-order valence-corrected chi connectivity index (χ4v) is 4.76. The van der Waals surface area contributed by atoms with Crippen LogP contribution >= 0.6 is 11.3 Å². The molecule has 1 amide bonds. The lowest BCUT2D eigenvalue weighted by Crippen LogP contribution is -2.44. The molecule has 2 fully saturated rings. The molecule has 126 valence electrons. The van der Waals surface area contributed by atoms with Gasteiger partial charge in [0.1, 0.15) is 5.82 Å². The van der Waals surface area contributed by atoms with E-state index in [9.17, 15) is 4.79 Å². The molecule has 2 aliphatic heterocycles. The number of hydrogen-bond donors (Lipinski definition) is 0. The second-order valence-corrected chi connectivity index (χ2v) is 7.53. The fourth-order valence-electron chi connectivity index (χ4n) is 3.88. The summed E-state index contributed by atoms with van der Waals surface area (Å²) in [7, 11) is 0. The first-order valence-corrected chi connectivity index (χ1v) is 9.56. The molecule has 4 rings (SSSR count). The topological polar surface area (TPSA) is 49.3 Å². The van der Waals surface area contributed by atoms with E-state index >= 15 is 0 Å². The van der Waals surface area contributed by atoms with Crippen molar-refractivity contribution in [3.05, 3.63) is 41.0 Å². The number of anilines is 1. The molecule has 0 aliphatic carbocycles. The molecule has 0 saturated carbocycles. The van der Waals surface area contributed by atoms with E-state index in [1.807, 2.05) is 0 Å². The van der Waals surface area contributed by atoms with Gasteiger partial charge in [-0.05, 0) is 37.1 Å². The predicted octanol–water partition coefficient (Wildman–Crippen LogP) is 3.12. The monoisotopic (exact) mass is 342 g/mol. The minimum Gasteiger partial charge on any atom is -0.355 e. The fraction of sp³-hybridized carbons (Fsp3) is 0.500. The summed E-state index contributed by atoms with van der Waals surface area (Å²) in [6.07, 6.45) is 9.40. The van der Waals surface area contributed by atoms with Gasteiger partial charge in [0.2, 0.25) is 5.91 Å². The SMILES string of the molecule is O=C([C@H]1CCCN(c2cnccn2)C1)N1CCC[C@@H]1c1cccs1. The van der Waals surface area contributed by atoms with Crippen LogP contribution in [0.4, 0.5) is 5.82 Å². The van der Waals surface area contributed by atoms with Crippen LogP contribution in [0.15, 0.2) is 36.1 Å². The molecule has 0 bridgehead atoms. The van der Waals surface area contributed by atoms with E-state index < -0.39 is 0 Å². The van der Waals surface area contributed by atoms with Crippen LogP contribution in [0.1, 0.15) is 36.6 Å². The van der Waals surface area contributed by atoms with Gasteiger partial charge in [0.15, 0.2) is 0 Å². The number of carbonyl (C=O) groups excluding carboxylic acids is 1. The third-order valence-electron chi connectivity index (χ3n) is 5.05. The molecule has 5 nitrogen and oxygen atoms in total. The number of hydrogen-bond acceptors (Lipinski definition) is 5. The van der Waals surface area contributed by atoms with Gasteiger partial charge < -0.3 is 9.80 Å². The molecule has 2 aliphatic rings. The zero-order valence-corrected chi connectivity index (χ0v) is 14.5. The Hall–Kier alpha value is -1.95. The summed E-state index contributed by atoms with van der Waals surface area (Å²) in [5.41, 5.74) is 0. The predicted molar refractivity (Wildman–Crippen MR) is 95.0 cm³/mol. The number of aromatic nitrogens is 2. The van der Waals surface area contributed by atoms with E-state index in [2.05, 4.69) is 37.3 Å². The molecule has 2 saturated heterocycles. The van der Waals surface area contributed by atoms with Crippen molar-refractivity contribution in [2.45, 2.75) is 31.7 Å². The second-order valence-electron chi connectivity index (χ2n) is 6.55. The van der Waals surface area contributed by atoms with Crippen molar-refractivity contribution in [1.29, 1.82) is 0 Å². The Morgan fingerprint density at radius 1 is 1.21 bits per heavy atom. The maximum atomic E-state index is 13.2. The van der Waals surface area contributed by atoms with Gasteiger partial charge in [-0.15, -0.1) is 11.3 Å². The largest absolute Gasteiger partial charge is 0.355 e. The molecule has 2 aromatic rings. The molecule has 24 heavy (non-hydrogen) atoms. The van der Waals surface area contributed by atoms with Crippen LogP contribution < -0.4 is 4.90 Å². The lowest BCUT2D eigenvalue weighted by molar-refractivity contribution is -0.136. The van der Waals surface area contributed by atoms with Crippen LogP contribution in [0, 0.1) is 5.92 Å². The number of rotatable bonds is 3. The van der Waals surface area contributed by atoms with Gasteiger partial charge in [-0.25, -0.2) is 4.98 Å². The van der Waals surface area contributed by atoms with Crippen LogP contribution in [-0.2, 0) is 4.79 Å². The van der Waals surface area contributed by atoms with Gasteiger partial charge in [0, 0.05) is 36.9 Å². The van der Waals surface area contributed by atoms with Gasteiger partial charge in [0.05, 0.1) is 18.2 Å². The van der Waals surface area contributed by atoms with Crippen LogP contribution in [0.2, 0.25) is 0 Å². The molecular formula is C18H22N4OS. The normalized spacial score (nSPS) is 24.3. The summed E-state index contributed by atoms with van der Waals surface area (Å²) < 4.78 is 0. The summed E-state index contributed by atoms with van der Waals surface area (Å²) in [5, 5.41) is 2.10. The number of piperidine rings is 1. The van der Waals surface area contributed by atoms with Gasteiger partial charge in [-0.1, -0.05) is 6.07 Å². The van der Waals surface area contributed by atoms with E-state index in [-0.39, 0.29) is 12.0 Å². The summed E-state index contributed by atoms with van der Waals surface area (Å²) >= 11 is 1.76. The first-order valence-electron chi connectivity index (χ1n) is 8.68. The maximum Gasteiger partial charge on any atom is 0.228 e. The lowest BCUT2D eigenvalue weighted by Gasteiger charge is -2.35. The number of carbonyl (C=O) groups is 1. The zero-order chi connectivity index (χ0) is 16.4. The van der Waals surface area contributed by atoms with E-state index in [0.29, 0.717) is 5.91 Å². The third kappa shape index (κ3) is 3.02. The first kappa shape index (κ1) is 15.6. The highest BCUT2D eigenvalue weighted by Gasteiger charge is 2.36. The van der Waals surface area contributed by atoms with E-state index in [1.54, 1.807) is 29.9 Å². The van der Waals surface area contributed by atoms with Crippen molar-refractivity contribution >= 4 is 23.1 Å². The molecule has 4 heterocycles. The van der Waals surface area contributed by atoms with Crippen molar-refractivity contribution in [3.63, 3.8) is 0 Å². The molecule has 2 atom stereocenters. The Balaban J connectivity index is 1.47. The number of amides is 1. The van der Waals surface area contributed by atoms with Crippen LogP contribution in [0.25, 0.3) is 0 Å². The van der Waals surface area contributed by atoms with Gasteiger partial charge in [-0.3, -0.25) is 9.78 Å². The Morgan fingerprint density at radius 2 is 2.12 bits per heavy atom. The number of nitrogens with zero attached hydrogens (tertiary/aromatic N) is 4. The third-order valence-corrected chi connectivity index (χ3v) is 6.03. The highest BCUT2D eigenvalue weighted by Crippen LogP contribution is 2.36. The van der Waals surface area contributed by atoms with Crippen LogP contribution in [-0.4, -0.2) is 40.4 Å². The standard InChI is InChI=1S/C18H22N4OS/c23-18(22-10-2-5-15(22)16-6-3-11-24-16)14-4-1-9-21(13-14)17-12-19-7-8-20-17/h3,6-8,11-12,14-15H,1-2,4-5,9-10,13H2/t14-,15+/m0/s1. The minimum absolute atomic E-state index is 0.0707. The highest BCUT2D eigenvalue weighted by atomic mass is 32.1. The van der Waals surface area contributed by atoms with E-state index in [4.69, 9.17) is 0 Å². The Kier molecular flexibility index (Phi) is 4.47. The number of likely N-dealkylation sites (tertiary alicyclic amines) is 1. The van der Waals surface area contributed by atoms with Gasteiger partial charge >= 0.3 is 0 Å². The summed E-state index contributed by atoms with van der Waals surface area (Å²) in [6.45, 7) is 2.60. The Morgan fingerprint density at radius 3 is 2.92 bits per heavy atom. The molecular weight excluding hydrogens is 320 g/mol. The van der Waals surface area contributed by atoms with Gasteiger partial charge in [-0.2, -0.15) is 0 Å². The molecule has 0 aromatic carbocycles. The molecule has 0 radical (unpaired) electrons. The minimum atomic E-state index is 0.0707. The van der Waals surface area contributed by atoms with E-state index in [0.717, 1.165) is 51.1 Å². The van der Waals surface area contributed by atoms with Crippen molar-refractivity contribution in [1.82, 2.24) is 14.9 Å². The molecule has 2 aromatic heterocycles. The molecule has 6 heteroatoms. The zero-order valence-electron chi connectivity index (χ0n) is 13.7. The van der Waals surface area contributed by atoms with E-state index in [1.165, 1.54) is 4.88 Å². The summed E-state index contributed by atoms with van der Waals surface area (Å²) in [6, 6.07) is 4.52. The molecule has 0 unspecified atom stereocenters. The van der Waals surface area contributed by atoms with Crippen molar-refractivity contribution in [2.24, 2.45) is 5.92 Å². The quantitative estimate of drug-likeness (QED) is 0.860. The smallest absolute Gasteiger partial charge is 0.228 e. The molecule has 0 spiro atoms. The van der Waals surface area contributed by atoms with Crippen molar-refractivity contribution in [2.75, 3.05) is 24.5 Å². The maximum absolute atomic E-state index is 13.2. The lowest BCUT2D eigenvalue weighted by atomic mass is 9.96. The average Bonchev–Trinajstić information content (AvgIpc) is 3.33. The molecule has 0 N–H and O–H groups in total. The highest BCUT2D eigenvalue weighted by molar-refractivity contribution is 7.10. The second kappa shape index (κ2) is 6.89. The van der Waals surface area contributed by atoms with Crippen molar-refractivity contribution in [3.8, 4) is 0 Å². The summed E-state index contributed by atoms with van der Waals surface area (Å²) in [4.78, 5) is 27.3. The van der Waals surface area contributed by atoms with Crippen molar-refractivity contribution < 1.29 is 4.79 Å². The van der Waals surface area contributed by atoms with Gasteiger partial charge in [0.25, 0.3) is 0 Å². The Bertz CT molecular complexity index is 676.